The first-order valence-corrected chi connectivity index (χ1v) is 7.10. The molecule has 1 aromatic heterocycles. The van der Waals surface area contributed by atoms with Gasteiger partial charge >= 0.3 is 0 Å². The van der Waals surface area contributed by atoms with Crippen molar-refractivity contribution in [1.82, 2.24) is 9.97 Å². The van der Waals surface area contributed by atoms with Crippen LogP contribution in [0.5, 0.6) is 0 Å². The van der Waals surface area contributed by atoms with Crippen molar-refractivity contribution < 1.29 is 8.42 Å². The maximum absolute atomic E-state index is 11.3. The van der Waals surface area contributed by atoms with Gasteiger partial charge < -0.3 is 16.0 Å². The van der Waals surface area contributed by atoms with E-state index in [0.29, 0.717) is 11.4 Å². The summed E-state index contributed by atoms with van der Waals surface area (Å²) in [6, 6.07) is 4.13. The molecule has 1 heterocycles. The molecule has 0 aliphatic rings. The smallest absolute Gasteiger partial charge is 0.238 e. The average Bonchev–Trinajstić information content (AvgIpc) is 2.84. The molecule has 1 aromatic carbocycles. The highest BCUT2D eigenvalue weighted by Crippen LogP contribution is 2.25. The molecule has 0 radical (unpaired) electrons. The SMILES string of the molecule is CC(Nc1cc(S(N)(=O)=O)ccc1N)c1ncc[nH]1. The number of nitrogens with two attached hydrogens (primary N) is 2. The number of anilines is 2. The summed E-state index contributed by atoms with van der Waals surface area (Å²) in [4.78, 5) is 7.09. The summed E-state index contributed by atoms with van der Waals surface area (Å²) < 4.78 is 22.6. The molecule has 2 aromatic rings. The van der Waals surface area contributed by atoms with Crippen LogP contribution < -0.4 is 16.2 Å². The number of H-pyrrole nitrogens is 1. The monoisotopic (exact) mass is 281 g/mol. The van der Waals surface area contributed by atoms with Crippen LogP contribution in [-0.2, 0) is 10.0 Å². The third-order valence-corrected chi connectivity index (χ3v) is 3.57. The molecule has 1 unspecified atom stereocenters. The number of nitrogen functional groups attached to an aromatic ring is 1. The molecule has 6 N–H and O–H groups in total. The highest BCUT2D eigenvalue weighted by molar-refractivity contribution is 7.89. The van der Waals surface area contributed by atoms with Crippen molar-refractivity contribution in [2.24, 2.45) is 5.14 Å². The standard InChI is InChI=1S/C11H15N5O2S/c1-7(11-14-4-5-15-11)16-10-6-8(19(13,17)18)2-3-9(10)12/h2-7,16H,12H2,1H3,(H,14,15)(H2,13,17,18). The molecule has 102 valence electrons. The molecule has 0 aliphatic carbocycles. The van der Waals surface area contributed by atoms with Crippen molar-refractivity contribution in [3.05, 3.63) is 36.4 Å². The lowest BCUT2D eigenvalue weighted by atomic mass is 10.2. The van der Waals surface area contributed by atoms with Crippen LogP contribution in [0, 0.1) is 0 Å². The summed E-state index contributed by atoms with van der Waals surface area (Å²) in [5.41, 5.74) is 6.74. The molecule has 19 heavy (non-hydrogen) atoms. The number of benzene rings is 1. The van der Waals surface area contributed by atoms with E-state index in [1.807, 2.05) is 6.92 Å². The van der Waals surface area contributed by atoms with E-state index in [1.54, 1.807) is 12.4 Å². The number of hydrogen-bond donors (Lipinski definition) is 4. The van der Waals surface area contributed by atoms with Crippen molar-refractivity contribution in [3.63, 3.8) is 0 Å². The predicted molar refractivity (Wildman–Crippen MR) is 72.9 cm³/mol. The summed E-state index contributed by atoms with van der Waals surface area (Å²) in [6.45, 7) is 1.88. The first kappa shape index (κ1) is 13.4. The Kier molecular flexibility index (Phi) is 3.45. The number of primary sulfonamides is 1. The van der Waals surface area contributed by atoms with Crippen LogP contribution in [0.15, 0.2) is 35.5 Å². The van der Waals surface area contributed by atoms with Gasteiger partial charge in [-0.1, -0.05) is 0 Å². The molecule has 0 spiro atoms. The van der Waals surface area contributed by atoms with Gasteiger partial charge in [0.15, 0.2) is 0 Å². The van der Waals surface area contributed by atoms with E-state index in [1.165, 1.54) is 18.2 Å². The largest absolute Gasteiger partial charge is 0.397 e. The fourth-order valence-electron chi connectivity index (χ4n) is 1.65. The molecule has 0 saturated carbocycles. The van der Waals surface area contributed by atoms with Crippen molar-refractivity contribution in [3.8, 4) is 0 Å². The highest BCUT2D eigenvalue weighted by Gasteiger charge is 2.13. The van der Waals surface area contributed by atoms with Gasteiger partial charge in [-0.3, -0.25) is 0 Å². The van der Waals surface area contributed by atoms with Gasteiger partial charge in [0.25, 0.3) is 0 Å². The van der Waals surface area contributed by atoms with Gasteiger partial charge in [-0.15, -0.1) is 0 Å². The van der Waals surface area contributed by atoms with Gasteiger partial charge in [0, 0.05) is 12.4 Å². The summed E-state index contributed by atoms with van der Waals surface area (Å²) in [6.07, 6.45) is 3.34. The second-order valence-electron chi connectivity index (χ2n) is 4.13. The molecule has 1 atom stereocenters. The van der Waals surface area contributed by atoms with Crippen LogP contribution in [-0.4, -0.2) is 18.4 Å². The third-order valence-electron chi connectivity index (χ3n) is 2.65. The molecular formula is C11H15N5O2S. The van der Waals surface area contributed by atoms with E-state index in [4.69, 9.17) is 10.9 Å². The van der Waals surface area contributed by atoms with Gasteiger partial charge in [0.1, 0.15) is 5.82 Å². The van der Waals surface area contributed by atoms with Crippen LogP contribution in [0.4, 0.5) is 11.4 Å². The van der Waals surface area contributed by atoms with E-state index in [9.17, 15) is 8.42 Å². The molecule has 8 heteroatoms. The lowest BCUT2D eigenvalue weighted by molar-refractivity contribution is 0.598. The quantitative estimate of drug-likeness (QED) is 0.617. The van der Waals surface area contributed by atoms with E-state index in [0.717, 1.165) is 5.82 Å². The van der Waals surface area contributed by atoms with Gasteiger partial charge in [-0.25, -0.2) is 18.5 Å². The molecule has 2 rings (SSSR count). The first-order valence-electron chi connectivity index (χ1n) is 5.56. The number of hydrogen-bond acceptors (Lipinski definition) is 5. The topological polar surface area (TPSA) is 127 Å². The zero-order valence-electron chi connectivity index (χ0n) is 10.3. The Morgan fingerprint density at radius 2 is 2.16 bits per heavy atom. The Bertz CT molecular complexity index is 666. The van der Waals surface area contributed by atoms with Crippen LogP contribution in [0.1, 0.15) is 18.8 Å². The second kappa shape index (κ2) is 4.90. The van der Waals surface area contributed by atoms with Crippen molar-refractivity contribution in [1.29, 1.82) is 0 Å². The summed E-state index contributed by atoms with van der Waals surface area (Å²) in [5.74, 6) is 0.723. The lowest BCUT2D eigenvalue weighted by Gasteiger charge is -2.15. The summed E-state index contributed by atoms with van der Waals surface area (Å²) in [5, 5.41) is 8.17. The molecule has 0 bridgehead atoms. The van der Waals surface area contributed by atoms with Crippen LogP contribution >= 0.6 is 0 Å². The molecule has 7 nitrogen and oxygen atoms in total. The Morgan fingerprint density at radius 1 is 1.42 bits per heavy atom. The van der Waals surface area contributed by atoms with E-state index >= 15 is 0 Å². The van der Waals surface area contributed by atoms with E-state index < -0.39 is 10.0 Å². The van der Waals surface area contributed by atoms with E-state index in [2.05, 4.69) is 15.3 Å². The van der Waals surface area contributed by atoms with Crippen LogP contribution in [0.3, 0.4) is 0 Å². The van der Waals surface area contributed by atoms with Crippen LogP contribution in [0.25, 0.3) is 0 Å². The third kappa shape index (κ3) is 3.04. The number of imidazole rings is 1. The normalized spacial score (nSPS) is 13.2. The molecule has 0 fully saturated rings. The van der Waals surface area contributed by atoms with Crippen molar-refractivity contribution >= 4 is 21.4 Å². The maximum Gasteiger partial charge on any atom is 0.238 e. The minimum atomic E-state index is -3.75. The molecule has 0 amide bonds. The zero-order chi connectivity index (χ0) is 14.0. The molecular weight excluding hydrogens is 266 g/mol. The summed E-state index contributed by atoms with van der Waals surface area (Å²) in [7, 11) is -3.75. The Morgan fingerprint density at radius 3 is 2.74 bits per heavy atom. The first-order chi connectivity index (χ1) is 8.88. The number of nitrogens with one attached hydrogen (secondary N) is 2. The Labute approximate surface area is 111 Å². The maximum atomic E-state index is 11.3. The minimum absolute atomic E-state index is 0.0100. The Hall–Kier alpha value is -2.06. The number of sulfonamides is 1. The fourth-order valence-corrected chi connectivity index (χ4v) is 2.19. The fraction of sp³-hybridized carbons (Fsp3) is 0.182. The number of aromatic amines is 1. The van der Waals surface area contributed by atoms with Crippen molar-refractivity contribution in [2.45, 2.75) is 17.9 Å². The van der Waals surface area contributed by atoms with Crippen LogP contribution in [0.2, 0.25) is 0 Å². The lowest BCUT2D eigenvalue weighted by Crippen LogP contribution is -2.14. The molecule has 0 aliphatic heterocycles. The van der Waals surface area contributed by atoms with Gasteiger partial charge in [-0.2, -0.15) is 0 Å². The average molecular weight is 281 g/mol. The van der Waals surface area contributed by atoms with E-state index in [-0.39, 0.29) is 10.9 Å². The number of nitrogens with zero attached hydrogens (tertiary/aromatic N) is 1. The zero-order valence-corrected chi connectivity index (χ0v) is 11.1. The number of rotatable bonds is 4. The highest BCUT2D eigenvalue weighted by atomic mass is 32.2. The van der Waals surface area contributed by atoms with Gasteiger partial charge in [-0.05, 0) is 25.1 Å². The second-order valence-corrected chi connectivity index (χ2v) is 5.70. The predicted octanol–water partition coefficient (Wildman–Crippen LogP) is 0.812. The minimum Gasteiger partial charge on any atom is -0.397 e. The van der Waals surface area contributed by atoms with Crippen molar-refractivity contribution in [2.75, 3.05) is 11.1 Å². The van der Waals surface area contributed by atoms with Gasteiger partial charge in [0.05, 0.1) is 22.3 Å². The molecule has 0 saturated heterocycles. The number of aromatic nitrogens is 2. The summed E-state index contributed by atoms with van der Waals surface area (Å²) >= 11 is 0. The van der Waals surface area contributed by atoms with Gasteiger partial charge in [0.2, 0.25) is 10.0 Å². The Balaban J connectivity index is 2.30.